The highest BCUT2D eigenvalue weighted by molar-refractivity contribution is 6.52. The SMILES string of the molecule is O=C(O)C(Cc1ccccc1)B1OC=CO1. The fourth-order valence-corrected chi connectivity index (χ4v) is 1.61. The Morgan fingerprint density at radius 1 is 1.25 bits per heavy atom. The Bertz CT molecular complexity index is 382. The second-order valence-electron chi connectivity index (χ2n) is 3.55. The Hall–Kier alpha value is -1.91. The summed E-state index contributed by atoms with van der Waals surface area (Å²) in [6, 6.07) is 9.42. The van der Waals surface area contributed by atoms with Crippen LogP contribution in [0.25, 0.3) is 0 Å². The Morgan fingerprint density at radius 2 is 1.88 bits per heavy atom. The van der Waals surface area contributed by atoms with Crippen LogP contribution in [0.15, 0.2) is 42.9 Å². The van der Waals surface area contributed by atoms with E-state index in [0.717, 1.165) is 5.56 Å². The molecule has 1 aromatic carbocycles. The predicted molar refractivity (Wildman–Crippen MR) is 58.6 cm³/mol. The Balaban J connectivity index is 2.06. The third kappa shape index (κ3) is 2.36. The molecule has 0 radical (unpaired) electrons. The van der Waals surface area contributed by atoms with Crippen molar-refractivity contribution >= 4 is 13.1 Å². The van der Waals surface area contributed by atoms with E-state index in [2.05, 4.69) is 0 Å². The zero-order valence-electron chi connectivity index (χ0n) is 8.58. The molecule has 1 unspecified atom stereocenters. The van der Waals surface area contributed by atoms with Gasteiger partial charge in [-0.3, -0.25) is 4.79 Å². The molecule has 0 aromatic heterocycles. The lowest BCUT2D eigenvalue weighted by Crippen LogP contribution is -2.30. The maximum Gasteiger partial charge on any atom is 0.609 e. The molecule has 1 atom stereocenters. The quantitative estimate of drug-likeness (QED) is 0.781. The molecule has 0 saturated carbocycles. The van der Waals surface area contributed by atoms with Crippen LogP contribution >= 0.6 is 0 Å². The average Bonchev–Trinajstić information content (AvgIpc) is 2.80. The number of carboxylic acid groups (broad SMARTS) is 1. The first-order chi connectivity index (χ1) is 7.77. The molecular weight excluding hydrogens is 207 g/mol. The first-order valence-electron chi connectivity index (χ1n) is 5.00. The Labute approximate surface area is 93.6 Å². The molecule has 1 aliphatic rings. The van der Waals surface area contributed by atoms with Crippen LogP contribution in [0, 0.1) is 0 Å². The van der Waals surface area contributed by atoms with Gasteiger partial charge in [-0.1, -0.05) is 30.3 Å². The van der Waals surface area contributed by atoms with Gasteiger partial charge in [0.1, 0.15) is 5.82 Å². The molecular formula is C11H11BO4. The van der Waals surface area contributed by atoms with Gasteiger partial charge in [-0.05, 0) is 12.0 Å². The van der Waals surface area contributed by atoms with Crippen molar-refractivity contribution in [2.45, 2.75) is 12.2 Å². The van der Waals surface area contributed by atoms with Crippen molar-refractivity contribution in [3.8, 4) is 0 Å². The predicted octanol–water partition coefficient (Wildman–Crippen LogP) is 1.69. The maximum atomic E-state index is 11.1. The van der Waals surface area contributed by atoms with Crippen molar-refractivity contribution < 1.29 is 19.2 Å². The van der Waals surface area contributed by atoms with Crippen LogP contribution < -0.4 is 0 Å². The molecule has 5 heteroatoms. The minimum atomic E-state index is -0.919. The van der Waals surface area contributed by atoms with Crippen LogP contribution in [0.5, 0.6) is 0 Å². The van der Waals surface area contributed by atoms with Gasteiger partial charge in [0.25, 0.3) is 0 Å². The summed E-state index contributed by atoms with van der Waals surface area (Å²) < 4.78 is 10.1. The van der Waals surface area contributed by atoms with Crippen LogP contribution in [0.3, 0.4) is 0 Å². The first-order valence-corrected chi connectivity index (χ1v) is 5.00. The maximum absolute atomic E-state index is 11.1. The lowest BCUT2D eigenvalue weighted by molar-refractivity contribution is -0.137. The average molecular weight is 218 g/mol. The van der Waals surface area contributed by atoms with E-state index in [-0.39, 0.29) is 0 Å². The highest BCUT2D eigenvalue weighted by atomic mass is 16.6. The highest BCUT2D eigenvalue weighted by Crippen LogP contribution is 2.22. The summed E-state index contributed by atoms with van der Waals surface area (Å²) in [6.07, 6.45) is 3.12. The van der Waals surface area contributed by atoms with Gasteiger partial charge in [-0.2, -0.15) is 0 Å². The van der Waals surface area contributed by atoms with Gasteiger partial charge in [-0.15, -0.1) is 0 Å². The monoisotopic (exact) mass is 218 g/mol. The largest absolute Gasteiger partial charge is 0.609 e. The second kappa shape index (κ2) is 4.74. The third-order valence-corrected chi connectivity index (χ3v) is 2.43. The summed E-state index contributed by atoms with van der Waals surface area (Å²) in [6.45, 7) is 0. The van der Waals surface area contributed by atoms with Crippen LogP contribution in [-0.4, -0.2) is 18.2 Å². The molecule has 0 aliphatic carbocycles. The van der Waals surface area contributed by atoms with E-state index in [9.17, 15) is 4.79 Å². The summed E-state index contributed by atoms with van der Waals surface area (Å²) in [4.78, 5) is 11.1. The normalized spacial score (nSPS) is 15.4. The van der Waals surface area contributed by atoms with E-state index in [0.29, 0.717) is 6.42 Å². The summed E-state index contributed by atoms with van der Waals surface area (Å²) in [7, 11) is -0.724. The molecule has 0 saturated heterocycles. The number of carbonyl (C=O) groups is 1. The molecule has 0 spiro atoms. The first kappa shape index (κ1) is 10.6. The molecule has 1 aliphatic heterocycles. The topological polar surface area (TPSA) is 55.8 Å². The van der Waals surface area contributed by atoms with Crippen molar-refractivity contribution in [1.82, 2.24) is 0 Å². The van der Waals surface area contributed by atoms with E-state index in [1.807, 2.05) is 30.3 Å². The van der Waals surface area contributed by atoms with Crippen molar-refractivity contribution in [2.24, 2.45) is 0 Å². The molecule has 16 heavy (non-hydrogen) atoms. The van der Waals surface area contributed by atoms with Gasteiger partial charge >= 0.3 is 13.1 Å². The minimum Gasteiger partial charge on any atom is -0.529 e. The molecule has 4 nitrogen and oxygen atoms in total. The van der Waals surface area contributed by atoms with Gasteiger partial charge in [0, 0.05) is 0 Å². The molecule has 0 amide bonds. The van der Waals surface area contributed by atoms with E-state index in [4.69, 9.17) is 14.4 Å². The molecule has 82 valence electrons. The summed E-state index contributed by atoms with van der Waals surface area (Å²) in [5.41, 5.74) is 0.953. The van der Waals surface area contributed by atoms with Crippen molar-refractivity contribution in [3.05, 3.63) is 48.4 Å². The number of aliphatic carboxylic acids is 1. The zero-order chi connectivity index (χ0) is 11.4. The summed E-state index contributed by atoms with van der Waals surface area (Å²) in [5, 5.41) is 9.11. The standard InChI is InChI=1S/C11H11BO4/c13-11(14)10(12-15-6-7-16-12)8-9-4-2-1-3-5-9/h1-7,10H,8H2,(H,13,14). The number of hydrogen-bond acceptors (Lipinski definition) is 3. The number of rotatable bonds is 4. The molecule has 2 rings (SSSR count). The van der Waals surface area contributed by atoms with Crippen molar-refractivity contribution in [2.75, 3.05) is 0 Å². The second-order valence-corrected chi connectivity index (χ2v) is 3.55. The Kier molecular flexibility index (Phi) is 3.15. The number of carboxylic acids is 1. The smallest absolute Gasteiger partial charge is 0.529 e. The van der Waals surface area contributed by atoms with Gasteiger partial charge in [0.2, 0.25) is 0 Å². The molecule has 1 aromatic rings. The third-order valence-electron chi connectivity index (χ3n) is 2.43. The van der Waals surface area contributed by atoms with Gasteiger partial charge < -0.3 is 14.4 Å². The summed E-state index contributed by atoms with van der Waals surface area (Å²) >= 11 is 0. The van der Waals surface area contributed by atoms with Gasteiger partial charge in [0.15, 0.2) is 0 Å². The number of hydrogen-bond donors (Lipinski definition) is 1. The van der Waals surface area contributed by atoms with Crippen LogP contribution in [0.1, 0.15) is 5.56 Å². The number of benzene rings is 1. The van der Waals surface area contributed by atoms with Crippen LogP contribution in [-0.2, 0) is 20.5 Å². The molecule has 0 bridgehead atoms. The van der Waals surface area contributed by atoms with E-state index >= 15 is 0 Å². The fourth-order valence-electron chi connectivity index (χ4n) is 1.61. The molecule has 0 fully saturated rings. The van der Waals surface area contributed by atoms with Crippen molar-refractivity contribution in [1.29, 1.82) is 0 Å². The minimum absolute atomic E-state index is 0.391. The molecule has 1 N–H and O–H groups in total. The van der Waals surface area contributed by atoms with Gasteiger partial charge in [0.05, 0.1) is 12.5 Å². The zero-order valence-corrected chi connectivity index (χ0v) is 8.58. The van der Waals surface area contributed by atoms with E-state index < -0.39 is 18.9 Å². The van der Waals surface area contributed by atoms with E-state index in [1.165, 1.54) is 12.5 Å². The van der Waals surface area contributed by atoms with Crippen molar-refractivity contribution in [3.63, 3.8) is 0 Å². The fraction of sp³-hybridized carbons (Fsp3) is 0.182. The lowest BCUT2D eigenvalue weighted by Gasteiger charge is -2.13. The van der Waals surface area contributed by atoms with Crippen LogP contribution in [0.2, 0.25) is 5.82 Å². The molecule has 1 heterocycles. The Morgan fingerprint density at radius 3 is 2.44 bits per heavy atom. The highest BCUT2D eigenvalue weighted by Gasteiger charge is 2.40. The van der Waals surface area contributed by atoms with Crippen LogP contribution in [0.4, 0.5) is 0 Å². The van der Waals surface area contributed by atoms with Gasteiger partial charge in [-0.25, -0.2) is 0 Å². The van der Waals surface area contributed by atoms with E-state index in [1.54, 1.807) is 0 Å². The lowest BCUT2D eigenvalue weighted by atomic mass is 9.69. The summed E-state index contributed by atoms with van der Waals surface area (Å²) in [5.74, 6) is -1.62.